The number of phosphoric acid groups is 1. The summed E-state index contributed by atoms with van der Waals surface area (Å²) in [6.07, 6.45) is 0. The number of hydrogen-bond donors (Lipinski definition) is 1. The number of rotatable bonds is 0. The molecule has 7 heteroatoms. The van der Waals surface area contributed by atoms with E-state index in [9.17, 15) is 0 Å². The van der Waals surface area contributed by atoms with Gasteiger partial charge in [0, 0.05) is 0 Å². The normalized spacial score (nSPS) is 8.43. The monoisotopic (exact) mass is 162 g/mol. The van der Waals surface area contributed by atoms with E-state index in [0.29, 0.717) is 0 Å². The van der Waals surface area contributed by atoms with Crippen molar-refractivity contribution >= 4 is 7.82 Å². The Kier molecular flexibility index (Phi) is 11.0. The van der Waals surface area contributed by atoms with E-state index in [2.05, 4.69) is 0 Å². The van der Waals surface area contributed by atoms with Gasteiger partial charge in [-0.3, -0.25) is 0 Å². The van der Waals surface area contributed by atoms with Gasteiger partial charge in [0.25, 0.3) is 0 Å². The van der Waals surface area contributed by atoms with Crippen LogP contribution >= 0.6 is 7.82 Å². The van der Waals surface area contributed by atoms with E-state index in [4.69, 9.17) is 19.2 Å². The van der Waals surface area contributed by atoms with Crippen molar-refractivity contribution in [3.63, 3.8) is 0 Å². The zero-order chi connectivity index (χ0) is 4.50. The zero-order valence-corrected chi connectivity index (χ0v) is 5.58. The van der Waals surface area contributed by atoms with Crippen LogP contribution in [-0.4, -0.2) is 10.4 Å². The Bertz CT molecular complexity index is 54.2. The van der Waals surface area contributed by atoms with Gasteiger partial charge in [-0.15, -0.1) is 0 Å². The van der Waals surface area contributed by atoms with E-state index in [-0.39, 0.29) is 27.2 Å². The Morgan fingerprint density at radius 1 is 1.43 bits per heavy atom. The predicted molar refractivity (Wildman–Crippen MR) is 13.4 cm³/mol. The maximum Gasteiger partial charge on any atom is 2.00 e. The Labute approximate surface area is 54.8 Å². The molecule has 0 atom stereocenters. The van der Waals surface area contributed by atoms with Crippen molar-refractivity contribution < 1.29 is 46.4 Å². The summed E-state index contributed by atoms with van der Waals surface area (Å²) in [7, 11) is -5.14. The van der Waals surface area contributed by atoms with Crippen molar-refractivity contribution in [2.75, 3.05) is 0 Å². The van der Waals surface area contributed by atoms with Gasteiger partial charge in [0.15, 0.2) is 0 Å². The van der Waals surface area contributed by atoms with Crippen LogP contribution in [-0.2, 0) is 26.3 Å². The summed E-state index contributed by atoms with van der Waals surface area (Å²) in [5.41, 5.74) is 0. The SMILES string of the molecule is O.O=P([O-])([O-])O.[Ti+2]. The maximum atomic E-state index is 8.66. The molecule has 0 bridgehead atoms. The van der Waals surface area contributed by atoms with Gasteiger partial charge in [0.1, 0.15) is 0 Å². The summed E-state index contributed by atoms with van der Waals surface area (Å²) < 4.78 is 8.66. The molecule has 0 aromatic heterocycles. The molecule has 7 heavy (non-hydrogen) atoms. The van der Waals surface area contributed by atoms with Crippen molar-refractivity contribution in [1.82, 2.24) is 0 Å². The first-order valence-electron chi connectivity index (χ1n) is 0.748. The molecule has 3 N–H and O–H groups in total. The second kappa shape index (κ2) is 4.93. The van der Waals surface area contributed by atoms with Crippen LogP contribution < -0.4 is 9.79 Å². The van der Waals surface area contributed by atoms with Crippen LogP contribution in [0.2, 0.25) is 0 Å². The molecule has 0 radical (unpaired) electrons. The van der Waals surface area contributed by atoms with E-state index in [1.165, 1.54) is 0 Å². The van der Waals surface area contributed by atoms with Crippen LogP contribution in [0, 0.1) is 0 Å². The molecule has 0 aliphatic carbocycles. The van der Waals surface area contributed by atoms with Crippen molar-refractivity contribution in [1.29, 1.82) is 0 Å². The fourth-order valence-electron chi connectivity index (χ4n) is 0. The van der Waals surface area contributed by atoms with Gasteiger partial charge in [-0.1, -0.05) is 0 Å². The van der Waals surface area contributed by atoms with Crippen LogP contribution in [0.25, 0.3) is 0 Å². The Morgan fingerprint density at radius 3 is 1.43 bits per heavy atom. The fourth-order valence-corrected chi connectivity index (χ4v) is 0. The molecular weight excluding hydrogens is 159 g/mol. The van der Waals surface area contributed by atoms with E-state index in [1.54, 1.807) is 0 Å². The molecule has 0 fully saturated rings. The average Bonchev–Trinajstić information content (AvgIpc) is 0.722. The molecule has 0 saturated carbocycles. The Hall–Kier alpha value is 0.784. The van der Waals surface area contributed by atoms with Crippen molar-refractivity contribution in [2.24, 2.45) is 0 Å². The molecule has 0 unspecified atom stereocenters. The summed E-state index contributed by atoms with van der Waals surface area (Å²) >= 11 is 0. The summed E-state index contributed by atoms with van der Waals surface area (Å²) in [4.78, 5) is 24.3. The summed E-state index contributed by atoms with van der Waals surface area (Å²) in [6.45, 7) is 0. The molecule has 0 aromatic carbocycles. The average molecular weight is 162 g/mol. The molecule has 0 spiro atoms. The molecule has 0 rings (SSSR count). The van der Waals surface area contributed by atoms with E-state index >= 15 is 0 Å². The van der Waals surface area contributed by atoms with Gasteiger partial charge >= 0.3 is 21.7 Å². The van der Waals surface area contributed by atoms with Gasteiger partial charge in [-0.2, -0.15) is 0 Å². The molecular formula is H3O5PTi. The van der Waals surface area contributed by atoms with Gasteiger partial charge in [-0.25, -0.2) is 0 Å². The third-order valence-electron chi connectivity index (χ3n) is 0. The summed E-state index contributed by atoms with van der Waals surface area (Å²) in [5, 5.41) is 0. The van der Waals surface area contributed by atoms with Gasteiger partial charge < -0.3 is 24.7 Å². The van der Waals surface area contributed by atoms with Crippen LogP contribution in [0.5, 0.6) is 0 Å². The minimum Gasteiger partial charge on any atom is -0.790 e. The minimum absolute atomic E-state index is 0. The largest absolute Gasteiger partial charge is 2.00 e. The molecule has 0 aliphatic heterocycles. The van der Waals surface area contributed by atoms with E-state index in [1.807, 2.05) is 0 Å². The topological polar surface area (TPSA) is 115 Å². The Morgan fingerprint density at radius 2 is 1.43 bits per heavy atom. The summed E-state index contributed by atoms with van der Waals surface area (Å²) in [6, 6.07) is 0. The van der Waals surface area contributed by atoms with Crippen molar-refractivity contribution in [3.8, 4) is 0 Å². The maximum absolute atomic E-state index is 8.66. The predicted octanol–water partition coefficient (Wildman–Crippen LogP) is -3.02. The number of hydrogen-bond acceptors (Lipinski definition) is 3. The standard InChI is InChI=1S/H3O4P.H2O.Ti/c1-5(2,3)4;;/h(H3,1,2,3,4);1H2;/q;;+2/p-2. The first-order valence-corrected chi connectivity index (χ1v) is 2.24. The van der Waals surface area contributed by atoms with Crippen molar-refractivity contribution in [3.05, 3.63) is 0 Å². The smallest absolute Gasteiger partial charge is 0.790 e. The first-order chi connectivity index (χ1) is 2.00. The molecule has 0 aliphatic rings. The molecule has 0 saturated heterocycles. The van der Waals surface area contributed by atoms with Crippen LogP contribution in [0.3, 0.4) is 0 Å². The third kappa shape index (κ3) is 252. The van der Waals surface area contributed by atoms with Crippen LogP contribution in [0.4, 0.5) is 0 Å². The van der Waals surface area contributed by atoms with Gasteiger partial charge in [0.05, 0.1) is 7.82 Å². The van der Waals surface area contributed by atoms with E-state index in [0.717, 1.165) is 0 Å². The second-order valence-electron chi connectivity index (χ2n) is 0.469. The van der Waals surface area contributed by atoms with Crippen LogP contribution in [0.1, 0.15) is 0 Å². The molecule has 0 aromatic rings. The van der Waals surface area contributed by atoms with Gasteiger partial charge in [-0.05, 0) is 0 Å². The van der Waals surface area contributed by atoms with Crippen LogP contribution in [0.15, 0.2) is 0 Å². The van der Waals surface area contributed by atoms with Gasteiger partial charge in [0.2, 0.25) is 0 Å². The third-order valence-corrected chi connectivity index (χ3v) is 0. The first kappa shape index (κ1) is 15.7. The van der Waals surface area contributed by atoms with Crippen molar-refractivity contribution in [2.45, 2.75) is 0 Å². The second-order valence-corrected chi connectivity index (χ2v) is 1.41. The fraction of sp³-hybridized carbons (Fsp3) is 0. The summed E-state index contributed by atoms with van der Waals surface area (Å²) in [5.74, 6) is 0. The molecule has 5 nitrogen and oxygen atoms in total. The minimum atomic E-state index is -5.14. The molecule has 42 valence electrons. The Balaban J connectivity index is -0.0000000800. The zero-order valence-electron chi connectivity index (χ0n) is 3.12. The quantitative estimate of drug-likeness (QED) is 0.301. The molecule has 0 amide bonds. The molecule has 0 heterocycles. The van der Waals surface area contributed by atoms with E-state index < -0.39 is 7.82 Å².